The van der Waals surface area contributed by atoms with E-state index in [9.17, 15) is 5.11 Å². The summed E-state index contributed by atoms with van der Waals surface area (Å²) in [5, 5.41) is 10.7. The number of ether oxygens (including phenoxy) is 1. The number of likely N-dealkylation sites (tertiary alicyclic amines) is 1. The van der Waals surface area contributed by atoms with Crippen LogP contribution in [0.3, 0.4) is 0 Å². The van der Waals surface area contributed by atoms with E-state index >= 15 is 0 Å². The van der Waals surface area contributed by atoms with E-state index in [0.717, 1.165) is 24.4 Å². The van der Waals surface area contributed by atoms with Crippen molar-refractivity contribution >= 4 is 0 Å². The number of nitrogens with zero attached hydrogens (tertiary/aromatic N) is 2. The molecule has 1 aliphatic heterocycles. The molecule has 1 fully saturated rings. The fourth-order valence-electron chi connectivity index (χ4n) is 3.27. The van der Waals surface area contributed by atoms with Crippen LogP contribution in [0.2, 0.25) is 0 Å². The topological polar surface area (TPSA) is 35.9 Å². The highest BCUT2D eigenvalue weighted by molar-refractivity contribution is 5.29. The second-order valence-electron chi connectivity index (χ2n) is 6.25. The number of aliphatic hydroxyl groups excluding tert-OH is 1. The molecule has 0 radical (unpaired) electrons. The van der Waals surface area contributed by atoms with Crippen LogP contribution in [0, 0.1) is 0 Å². The predicted molar refractivity (Wildman–Crippen MR) is 85.7 cm³/mol. The van der Waals surface area contributed by atoms with Gasteiger partial charge >= 0.3 is 0 Å². The molecule has 21 heavy (non-hydrogen) atoms. The minimum Gasteiger partial charge on any atom is -0.497 e. The lowest BCUT2D eigenvalue weighted by Crippen LogP contribution is -2.45. The summed E-state index contributed by atoms with van der Waals surface area (Å²) in [6.07, 6.45) is 1.98. The van der Waals surface area contributed by atoms with Crippen molar-refractivity contribution in [2.24, 2.45) is 0 Å². The van der Waals surface area contributed by atoms with Gasteiger partial charge in [-0.15, -0.1) is 0 Å². The molecule has 4 heteroatoms. The first-order chi connectivity index (χ1) is 10.0. The number of likely N-dealkylation sites (N-methyl/N-ethyl adjacent to an activating group) is 1. The first-order valence-electron chi connectivity index (χ1n) is 7.75. The van der Waals surface area contributed by atoms with Gasteiger partial charge in [0.2, 0.25) is 0 Å². The van der Waals surface area contributed by atoms with Gasteiger partial charge in [-0.25, -0.2) is 0 Å². The van der Waals surface area contributed by atoms with E-state index in [4.69, 9.17) is 4.74 Å². The molecule has 3 atom stereocenters. The van der Waals surface area contributed by atoms with E-state index in [1.807, 2.05) is 24.3 Å². The van der Waals surface area contributed by atoms with Gasteiger partial charge in [-0.3, -0.25) is 4.90 Å². The van der Waals surface area contributed by atoms with Crippen molar-refractivity contribution in [2.45, 2.75) is 38.0 Å². The molecule has 1 aliphatic rings. The first-order valence-corrected chi connectivity index (χ1v) is 7.75. The molecule has 1 aromatic rings. The monoisotopic (exact) mass is 292 g/mol. The maximum atomic E-state index is 10.7. The zero-order valence-electron chi connectivity index (χ0n) is 13.6. The second-order valence-corrected chi connectivity index (χ2v) is 6.25. The van der Waals surface area contributed by atoms with Crippen molar-refractivity contribution in [3.05, 3.63) is 29.8 Å². The molecule has 0 amide bonds. The molecule has 0 aliphatic carbocycles. The summed E-state index contributed by atoms with van der Waals surface area (Å²) in [5.74, 6) is 0.824. The lowest BCUT2D eigenvalue weighted by molar-refractivity contribution is 0.0445. The molecule has 0 aromatic heterocycles. The minimum atomic E-state index is -0.460. The van der Waals surface area contributed by atoms with Crippen LogP contribution in [0.15, 0.2) is 24.3 Å². The fourth-order valence-corrected chi connectivity index (χ4v) is 3.27. The maximum Gasteiger partial charge on any atom is 0.118 e. The van der Waals surface area contributed by atoms with Gasteiger partial charge in [-0.1, -0.05) is 12.1 Å². The average Bonchev–Trinajstić information content (AvgIpc) is 2.93. The molecular weight excluding hydrogens is 264 g/mol. The maximum absolute atomic E-state index is 10.7. The summed E-state index contributed by atoms with van der Waals surface area (Å²) >= 11 is 0. The molecule has 0 bridgehead atoms. The van der Waals surface area contributed by atoms with Gasteiger partial charge in [0.1, 0.15) is 5.75 Å². The van der Waals surface area contributed by atoms with E-state index in [0.29, 0.717) is 6.04 Å². The summed E-state index contributed by atoms with van der Waals surface area (Å²) in [7, 11) is 5.88. The summed E-state index contributed by atoms with van der Waals surface area (Å²) in [4.78, 5) is 4.68. The van der Waals surface area contributed by atoms with Crippen LogP contribution in [-0.4, -0.2) is 61.3 Å². The standard InChI is InChI=1S/C17H28N2O2/c1-13(19-11-5-6-15(19)12-18(2)3)17(20)14-7-9-16(21-4)10-8-14/h7-10,13,15,17,20H,5-6,11-12H2,1-4H3. The Bertz CT molecular complexity index is 433. The molecule has 118 valence electrons. The highest BCUT2D eigenvalue weighted by Crippen LogP contribution is 2.28. The lowest BCUT2D eigenvalue weighted by Gasteiger charge is -2.35. The molecule has 3 unspecified atom stereocenters. The van der Waals surface area contributed by atoms with Gasteiger partial charge in [0.05, 0.1) is 13.2 Å². The van der Waals surface area contributed by atoms with Crippen LogP contribution in [0.5, 0.6) is 5.75 Å². The molecule has 1 saturated heterocycles. The van der Waals surface area contributed by atoms with Crippen LogP contribution < -0.4 is 4.74 Å². The summed E-state index contributed by atoms with van der Waals surface area (Å²) in [6.45, 7) is 4.26. The van der Waals surface area contributed by atoms with Crippen LogP contribution in [-0.2, 0) is 0 Å². The molecule has 2 rings (SSSR count). The number of methoxy groups -OCH3 is 1. The largest absolute Gasteiger partial charge is 0.497 e. The Labute approximate surface area is 128 Å². The minimum absolute atomic E-state index is 0.130. The van der Waals surface area contributed by atoms with E-state index in [1.165, 1.54) is 12.8 Å². The Morgan fingerprint density at radius 3 is 2.57 bits per heavy atom. The Kier molecular flexibility index (Phi) is 5.62. The van der Waals surface area contributed by atoms with Crippen molar-refractivity contribution in [1.29, 1.82) is 0 Å². The van der Waals surface area contributed by atoms with Gasteiger partial charge in [-0.2, -0.15) is 0 Å². The van der Waals surface area contributed by atoms with Crippen molar-refractivity contribution in [2.75, 3.05) is 34.3 Å². The van der Waals surface area contributed by atoms with Gasteiger partial charge in [0.25, 0.3) is 0 Å². The molecule has 4 nitrogen and oxygen atoms in total. The Hall–Kier alpha value is -1.10. The molecule has 1 aromatic carbocycles. The molecule has 0 saturated carbocycles. The van der Waals surface area contributed by atoms with Crippen molar-refractivity contribution in [3.8, 4) is 5.75 Å². The van der Waals surface area contributed by atoms with Crippen molar-refractivity contribution in [3.63, 3.8) is 0 Å². The quantitative estimate of drug-likeness (QED) is 0.871. The molecule has 0 spiro atoms. The Morgan fingerprint density at radius 2 is 2.00 bits per heavy atom. The number of benzene rings is 1. The van der Waals surface area contributed by atoms with Crippen LogP contribution in [0.4, 0.5) is 0 Å². The SMILES string of the molecule is COc1ccc(C(O)C(C)N2CCCC2CN(C)C)cc1. The normalized spacial score (nSPS) is 22.5. The number of hydrogen-bond acceptors (Lipinski definition) is 4. The Balaban J connectivity index is 2.04. The number of rotatable bonds is 6. The predicted octanol–water partition coefficient (Wildman–Crippen LogP) is 2.14. The third-order valence-electron chi connectivity index (χ3n) is 4.44. The smallest absolute Gasteiger partial charge is 0.118 e. The van der Waals surface area contributed by atoms with E-state index in [-0.39, 0.29) is 6.04 Å². The van der Waals surface area contributed by atoms with Crippen LogP contribution in [0.1, 0.15) is 31.4 Å². The summed E-state index contributed by atoms with van der Waals surface area (Å²) < 4.78 is 5.17. The van der Waals surface area contributed by atoms with E-state index < -0.39 is 6.10 Å². The van der Waals surface area contributed by atoms with E-state index in [1.54, 1.807) is 7.11 Å². The lowest BCUT2D eigenvalue weighted by atomic mass is 10.0. The highest BCUT2D eigenvalue weighted by atomic mass is 16.5. The first kappa shape index (κ1) is 16.3. The zero-order chi connectivity index (χ0) is 15.4. The molecular formula is C17H28N2O2. The Morgan fingerprint density at radius 1 is 1.33 bits per heavy atom. The zero-order valence-corrected chi connectivity index (χ0v) is 13.6. The third-order valence-corrected chi connectivity index (χ3v) is 4.44. The van der Waals surface area contributed by atoms with Gasteiger partial charge < -0.3 is 14.7 Å². The van der Waals surface area contributed by atoms with Gasteiger partial charge in [0, 0.05) is 18.6 Å². The van der Waals surface area contributed by atoms with Crippen molar-refractivity contribution < 1.29 is 9.84 Å². The van der Waals surface area contributed by atoms with Crippen molar-refractivity contribution in [1.82, 2.24) is 9.80 Å². The summed E-state index contributed by atoms with van der Waals surface area (Å²) in [6, 6.07) is 8.40. The fraction of sp³-hybridized carbons (Fsp3) is 0.647. The third kappa shape index (κ3) is 3.96. The average molecular weight is 292 g/mol. The second kappa shape index (κ2) is 7.25. The van der Waals surface area contributed by atoms with Crippen LogP contribution >= 0.6 is 0 Å². The van der Waals surface area contributed by atoms with Crippen LogP contribution in [0.25, 0.3) is 0 Å². The van der Waals surface area contributed by atoms with Gasteiger partial charge in [0.15, 0.2) is 0 Å². The highest BCUT2D eigenvalue weighted by Gasteiger charge is 2.32. The number of aliphatic hydroxyl groups is 1. The van der Waals surface area contributed by atoms with Gasteiger partial charge in [-0.05, 0) is 58.1 Å². The summed E-state index contributed by atoms with van der Waals surface area (Å²) in [5.41, 5.74) is 0.957. The number of hydrogen-bond donors (Lipinski definition) is 1. The van der Waals surface area contributed by atoms with E-state index in [2.05, 4.69) is 30.8 Å². The molecule has 1 heterocycles. The molecule has 1 N–H and O–H groups in total.